The van der Waals surface area contributed by atoms with E-state index in [0.717, 1.165) is 11.0 Å². The lowest BCUT2D eigenvalue weighted by Crippen LogP contribution is -2.16. The van der Waals surface area contributed by atoms with E-state index < -0.39 is 5.97 Å². The number of carboxylic acids is 1. The quantitative estimate of drug-likeness (QED) is 0.898. The Morgan fingerprint density at radius 3 is 2.74 bits per heavy atom. The molecule has 0 aliphatic carbocycles. The van der Waals surface area contributed by atoms with Crippen molar-refractivity contribution in [2.75, 3.05) is 7.05 Å². The molecule has 2 heterocycles. The average Bonchev–Trinajstić information content (AvgIpc) is 2.85. The summed E-state index contributed by atoms with van der Waals surface area (Å²) < 4.78 is 6.55. The van der Waals surface area contributed by atoms with Crippen LogP contribution in [0.5, 0.6) is 0 Å². The molecule has 0 unspecified atom stereocenters. The zero-order chi connectivity index (χ0) is 14.0. The fourth-order valence-corrected chi connectivity index (χ4v) is 3.39. The smallest absolute Gasteiger partial charge is 0.339 e. The van der Waals surface area contributed by atoms with Crippen LogP contribution in [0.2, 0.25) is 0 Å². The Hall–Kier alpha value is -1.11. The minimum absolute atomic E-state index is 0.238. The van der Waals surface area contributed by atoms with Gasteiger partial charge in [-0.3, -0.25) is 4.90 Å². The highest BCUT2D eigenvalue weighted by atomic mass is 79.9. The molecular formula is C13H14BrNO3S. The molecule has 0 aliphatic heterocycles. The van der Waals surface area contributed by atoms with Crippen LogP contribution in [0, 0.1) is 6.92 Å². The number of rotatable bonds is 5. The van der Waals surface area contributed by atoms with Crippen molar-refractivity contribution in [2.24, 2.45) is 0 Å². The average molecular weight is 344 g/mol. The van der Waals surface area contributed by atoms with Crippen molar-refractivity contribution in [3.63, 3.8) is 0 Å². The molecule has 0 atom stereocenters. The first-order valence-electron chi connectivity index (χ1n) is 5.69. The van der Waals surface area contributed by atoms with Crippen LogP contribution in [-0.2, 0) is 13.1 Å². The van der Waals surface area contributed by atoms with Crippen LogP contribution in [0.15, 0.2) is 26.4 Å². The van der Waals surface area contributed by atoms with Gasteiger partial charge < -0.3 is 9.52 Å². The van der Waals surface area contributed by atoms with E-state index in [9.17, 15) is 4.79 Å². The van der Waals surface area contributed by atoms with Crippen molar-refractivity contribution in [2.45, 2.75) is 20.0 Å². The van der Waals surface area contributed by atoms with E-state index >= 15 is 0 Å². The first-order valence-corrected chi connectivity index (χ1v) is 7.37. The van der Waals surface area contributed by atoms with E-state index in [2.05, 4.69) is 26.9 Å². The first kappa shape index (κ1) is 14.3. The summed E-state index contributed by atoms with van der Waals surface area (Å²) in [6, 6.07) is 3.68. The molecule has 0 spiro atoms. The Morgan fingerprint density at radius 2 is 2.21 bits per heavy atom. The molecule has 102 valence electrons. The summed E-state index contributed by atoms with van der Waals surface area (Å²) in [6.45, 7) is 3.06. The molecule has 2 aromatic rings. The highest BCUT2D eigenvalue weighted by molar-refractivity contribution is 9.10. The monoisotopic (exact) mass is 343 g/mol. The molecule has 0 saturated heterocycles. The molecular weight excluding hydrogens is 330 g/mol. The fourth-order valence-electron chi connectivity index (χ4n) is 1.86. The Balaban J connectivity index is 2.00. The molecule has 4 nitrogen and oxygen atoms in total. The van der Waals surface area contributed by atoms with Crippen molar-refractivity contribution in [1.29, 1.82) is 0 Å². The number of halogens is 1. The zero-order valence-corrected chi connectivity index (χ0v) is 13.0. The van der Waals surface area contributed by atoms with E-state index in [4.69, 9.17) is 9.52 Å². The third-order valence-corrected chi connectivity index (χ3v) is 4.35. The van der Waals surface area contributed by atoms with Gasteiger partial charge in [0, 0.05) is 21.3 Å². The van der Waals surface area contributed by atoms with Gasteiger partial charge in [0.25, 0.3) is 0 Å². The summed E-state index contributed by atoms with van der Waals surface area (Å²) >= 11 is 5.11. The molecule has 0 fully saturated rings. The zero-order valence-electron chi connectivity index (χ0n) is 10.6. The minimum Gasteiger partial charge on any atom is -0.478 e. The van der Waals surface area contributed by atoms with Gasteiger partial charge in [-0.1, -0.05) is 0 Å². The second kappa shape index (κ2) is 5.90. The Morgan fingerprint density at radius 1 is 1.47 bits per heavy atom. The summed E-state index contributed by atoms with van der Waals surface area (Å²) in [4.78, 5) is 14.3. The molecule has 0 saturated carbocycles. The van der Waals surface area contributed by atoms with Gasteiger partial charge in [-0.2, -0.15) is 0 Å². The molecule has 0 aromatic carbocycles. The van der Waals surface area contributed by atoms with E-state index in [1.807, 2.05) is 12.4 Å². The number of hydrogen-bond donors (Lipinski definition) is 1. The molecule has 19 heavy (non-hydrogen) atoms. The van der Waals surface area contributed by atoms with E-state index in [1.54, 1.807) is 24.3 Å². The van der Waals surface area contributed by atoms with Gasteiger partial charge in [0.05, 0.1) is 6.54 Å². The highest BCUT2D eigenvalue weighted by Crippen LogP contribution is 2.22. The lowest BCUT2D eigenvalue weighted by molar-refractivity contribution is 0.0695. The fraction of sp³-hybridized carbons (Fsp3) is 0.308. The molecule has 0 radical (unpaired) electrons. The molecule has 6 heteroatoms. The summed E-state index contributed by atoms with van der Waals surface area (Å²) in [5.74, 6) is 0.181. The lowest BCUT2D eigenvalue weighted by atomic mass is 10.2. The number of carboxylic acid groups (broad SMARTS) is 1. The van der Waals surface area contributed by atoms with E-state index in [0.29, 0.717) is 18.1 Å². The van der Waals surface area contributed by atoms with Gasteiger partial charge in [-0.15, -0.1) is 11.3 Å². The van der Waals surface area contributed by atoms with Gasteiger partial charge in [-0.05, 0) is 42.0 Å². The van der Waals surface area contributed by atoms with Gasteiger partial charge in [-0.25, -0.2) is 4.79 Å². The van der Waals surface area contributed by atoms with Crippen molar-refractivity contribution < 1.29 is 14.3 Å². The van der Waals surface area contributed by atoms with Crippen molar-refractivity contribution in [3.8, 4) is 0 Å². The molecule has 1 N–H and O–H groups in total. The minimum atomic E-state index is -0.947. The third kappa shape index (κ3) is 3.68. The number of aryl methyl sites for hydroxylation is 1. The molecule has 2 aromatic heterocycles. The summed E-state index contributed by atoms with van der Waals surface area (Å²) in [5, 5.41) is 11.0. The number of aromatic carboxylic acids is 1. The van der Waals surface area contributed by atoms with Crippen LogP contribution in [0.4, 0.5) is 0 Å². The van der Waals surface area contributed by atoms with Crippen LogP contribution in [0.25, 0.3) is 0 Å². The Labute approximate surface area is 123 Å². The number of carbonyl (C=O) groups is 1. The molecule has 0 amide bonds. The van der Waals surface area contributed by atoms with E-state index in [-0.39, 0.29) is 5.56 Å². The van der Waals surface area contributed by atoms with Crippen molar-refractivity contribution in [3.05, 3.63) is 43.9 Å². The number of furan rings is 1. The van der Waals surface area contributed by atoms with Crippen LogP contribution in [0.3, 0.4) is 0 Å². The Kier molecular flexibility index (Phi) is 4.44. The standard InChI is InChI=1S/C13H14BrNO3S/c1-8-12(13(16)17)4-10(18-8)5-15(2)6-11-3-9(14)7-19-11/h3-4,7H,5-6H2,1-2H3,(H,16,17). The van der Waals surface area contributed by atoms with Gasteiger partial charge in [0.15, 0.2) is 0 Å². The maximum Gasteiger partial charge on any atom is 0.339 e. The van der Waals surface area contributed by atoms with Crippen LogP contribution < -0.4 is 0 Å². The molecule has 2 rings (SSSR count). The second-order valence-corrected chi connectivity index (χ2v) is 6.30. The number of hydrogen-bond acceptors (Lipinski definition) is 4. The van der Waals surface area contributed by atoms with Gasteiger partial charge in [0.2, 0.25) is 0 Å². The molecule has 0 aliphatic rings. The third-order valence-electron chi connectivity index (χ3n) is 2.67. The largest absolute Gasteiger partial charge is 0.478 e. The maximum absolute atomic E-state index is 10.9. The number of thiophene rings is 1. The van der Waals surface area contributed by atoms with E-state index in [1.165, 1.54) is 4.88 Å². The predicted molar refractivity (Wildman–Crippen MR) is 77.6 cm³/mol. The second-order valence-electron chi connectivity index (χ2n) is 4.39. The maximum atomic E-state index is 10.9. The van der Waals surface area contributed by atoms with Crippen LogP contribution in [0.1, 0.15) is 26.8 Å². The number of nitrogens with zero attached hydrogens (tertiary/aromatic N) is 1. The topological polar surface area (TPSA) is 53.7 Å². The molecule has 0 bridgehead atoms. The summed E-state index contributed by atoms with van der Waals surface area (Å²) in [7, 11) is 1.98. The van der Waals surface area contributed by atoms with Crippen molar-refractivity contribution in [1.82, 2.24) is 4.90 Å². The Bertz CT molecular complexity index is 590. The summed E-state index contributed by atoms with van der Waals surface area (Å²) in [6.07, 6.45) is 0. The first-order chi connectivity index (χ1) is 8.95. The lowest BCUT2D eigenvalue weighted by Gasteiger charge is -2.13. The SMILES string of the molecule is Cc1oc(CN(C)Cc2cc(Br)cs2)cc1C(=O)O. The van der Waals surface area contributed by atoms with Gasteiger partial charge >= 0.3 is 5.97 Å². The van der Waals surface area contributed by atoms with Crippen molar-refractivity contribution >= 4 is 33.2 Å². The summed E-state index contributed by atoms with van der Waals surface area (Å²) in [5.41, 5.74) is 0.238. The normalized spacial score (nSPS) is 11.2. The van der Waals surface area contributed by atoms with Crippen LogP contribution >= 0.6 is 27.3 Å². The van der Waals surface area contributed by atoms with Gasteiger partial charge in [0.1, 0.15) is 17.1 Å². The predicted octanol–water partition coefficient (Wildman–Crippen LogP) is 3.74. The van der Waals surface area contributed by atoms with Crippen LogP contribution in [-0.4, -0.2) is 23.0 Å². The highest BCUT2D eigenvalue weighted by Gasteiger charge is 2.15.